The van der Waals surface area contributed by atoms with Crippen LogP contribution in [0.5, 0.6) is 0 Å². The molecule has 0 bridgehead atoms. The molecule has 0 fully saturated rings. The fourth-order valence-electron chi connectivity index (χ4n) is 0.944. The Morgan fingerprint density at radius 1 is 1.64 bits per heavy atom. The molecule has 1 heterocycles. The van der Waals surface area contributed by atoms with E-state index < -0.39 is 16.7 Å². The van der Waals surface area contributed by atoms with Gasteiger partial charge in [-0.1, -0.05) is 23.2 Å². The van der Waals surface area contributed by atoms with Crippen molar-refractivity contribution in [3.8, 4) is 0 Å². The summed E-state index contributed by atoms with van der Waals surface area (Å²) in [6.45, 7) is 1.65. The van der Waals surface area contributed by atoms with Gasteiger partial charge in [-0.2, -0.15) is 0 Å². The maximum absolute atomic E-state index is 10.6. The predicted molar refractivity (Wildman–Crippen MR) is 53.5 cm³/mol. The molecule has 0 spiro atoms. The van der Waals surface area contributed by atoms with Gasteiger partial charge in [0.05, 0.1) is 4.92 Å². The van der Waals surface area contributed by atoms with Crippen molar-refractivity contribution in [3.63, 3.8) is 0 Å². The van der Waals surface area contributed by atoms with Gasteiger partial charge in [-0.05, 0) is 6.92 Å². The Kier molecular flexibility index (Phi) is 3.25. The maximum Gasteiger partial charge on any atom is 0.325 e. The van der Waals surface area contributed by atoms with Crippen molar-refractivity contribution in [1.29, 1.82) is 0 Å². The Bertz CT molecular complexity index is 381. The zero-order valence-corrected chi connectivity index (χ0v) is 8.71. The molecule has 0 unspecified atom stereocenters. The molecule has 5 nitrogen and oxygen atoms in total. The largest absolute Gasteiger partial charge is 0.325 e. The number of hydrogen-bond donors (Lipinski definition) is 1. The van der Waals surface area contributed by atoms with Crippen LogP contribution in [0.3, 0.4) is 0 Å². The quantitative estimate of drug-likeness (QED) is 0.485. The average molecular weight is 236 g/mol. The first-order valence-electron chi connectivity index (χ1n) is 3.69. The minimum atomic E-state index is -0.677. The van der Waals surface area contributed by atoms with Gasteiger partial charge in [0.2, 0.25) is 5.15 Å². The summed E-state index contributed by atoms with van der Waals surface area (Å²) in [4.78, 5) is 13.5. The number of nitro groups is 1. The highest BCUT2D eigenvalue weighted by Gasteiger charge is 2.23. The molecule has 0 aliphatic rings. The highest BCUT2D eigenvalue weighted by molar-refractivity contribution is 6.37. The van der Waals surface area contributed by atoms with Crippen molar-refractivity contribution >= 4 is 28.9 Å². The lowest BCUT2D eigenvalue weighted by Crippen LogP contribution is -2.07. The molecule has 1 aromatic heterocycles. The molecular formula is C7H7Cl2N3O2. The van der Waals surface area contributed by atoms with Crippen LogP contribution in [0.1, 0.15) is 18.5 Å². The number of aromatic nitrogens is 1. The van der Waals surface area contributed by atoms with Crippen LogP contribution in [0.15, 0.2) is 6.20 Å². The second-order valence-electron chi connectivity index (χ2n) is 2.71. The minimum Gasteiger partial charge on any atom is -0.324 e. The lowest BCUT2D eigenvalue weighted by atomic mass is 10.1. The van der Waals surface area contributed by atoms with Crippen LogP contribution in [0.2, 0.25) is 10.2 Å². The van der Waals surface area contributed by atoms with Crippen LogP contribution < -0.4 is 5.73 Å². The summed E-state index contributed by atoms with van der Waals surface area (Å²) in [5, 5.41) is 10.3. The Balaban J connectivity index is 3.41. The van der Waals surface area contributed by atoms with Gasteiger partial charge in [0.1, 0.15) is 5.02 Å². The number of rotatable bonds is 2. The number of halogens is 2. The minimum absolute atomic E-state index is 0.0509. The maximum atomic E-state index is 10.6. The molecule has 0 saturated heterocycles. The van der Waals surface area contributed by atoms with Crippen molar-refractivity contribution in [1.82, 2.24) is 4.98 Å². The van der Waals surface area contributed by atoms with E-state index in [1.807, 2.05) is 0 Å². The van der Waals surface area contributed by atoms with Crippen LogP contribution >= 0.6 is 23.2 Å². The van der Waals surface area contributed by atoms with Gasteiger partial charge in [-0.25, -0.2) is 4.98 Å². The van der Waals surface area contributed by atoms with Gasteiger partial charge in [-0.3, -0.25) is 10.1 Å². The normalized spacial score (nSPS) is 12.6. The number of pyridine rings is 1. The standard InChI is InChI=1S/C7H7Cl2N3O2/c1-3(10)4-2-11-7(9)6(5(4)8)12(13)14/h2-3H,10H2,1H3/t3-/m0/s1. The molecule has 2 N–H and O–H groups in total. The Morgan fingerprint density at radius 2 is 2.21 bits per heavy atom. The van der Waals surface area contributed by atoms with Crippen LogP contribution in [-0.4, -0.2) is 9.91 Å². The summed E-state index contributed by atoms with van der Waals surface area (Å²) in [5.74, 6) is 0. The molecule has 1 aromatic rings. The second-order valence-corrected chi connectivity index (χ2v) is 3.45. The first kappa shape index (κ1) is 11.2. The summed E-state index contributed by atoms with van der Waals surface area (Å²) in [5.41, 5.74) is 5.55. The van der Waals surface area contributed by atoms with Crippen molar-refractivity contribution in [2.45, 2.75) is 13.0 Å². The van der Waals surface area contributed by atoms with E-state index >= 15 is 0 Å². The van der Waals surface area contributed by atoms with E-state index in [9.17, 15) is 10.1 Å². The third kappa shape index (κ3) is 1.95. The fraction of sp³-hybridized carbons (Fsp3) is 0.286. The molecule has 76 valence electrons. The summed E-state index contributed by atoms with van der Waals surface area (Å²) < 4.78 is 0. The third-order valence-electron chi connectivity index (χ3n) is 1.65. The van der Waals surface area contributed by atoms with Gasteiger partial charge < -0.3 is 5.73 Å². The smallest absolute Gasteiger partial charge is 0.324 e. The Hall–Kier alpha value is -0.910. The Labute approximate surface area is 90.0 Å². The molecule has 0 radical (unpaired) electrons. The molecule has 7 heteroatoms. The van der Waals surface area contributed by atoms with E-state index in [1.165, 1.54) is 6.20 Å². The highest BCUT2D eigenvalue weighted by atomic mass is 35.5. The molecule has 0 aliphatic carbocycles. The zero-order valence-electron chi connectivity index (χ0n) is 7.20. The number of nitrogens with two attached hydrogens (primary N) is 1. The molecule has 1 atom stereocenters. The second kappa shape index (κ2) is 4.08. The summed E-state index contributed by atoms with van der Waals surface area (Å²) in [7, 11) is 0. The number of hydrogen-bond acceptors (Lipinski definition) is 4. The van der Waals surface area contributed by atoms with E-state index in [2.05, 4.69) is 4.98 Å². The van der Waals surface area contributed by atoms with Crippen LogP contribution in [0, 0.1) is 10.1 Å². The van der Waals surface area contributed by atoms with Gasteiger partial charge in [-0.15, -0.1) is 0 Å². The molecule has 0 aromatic carbocycles. The van der Waals surface area contributed by atoms with Crippen LogP contribution in [0.4, 0.5) is 5.69 Å². The highest BCUT2D eigenvalue weighted by Crippen LogP contribution is 2.35. The lowest BCUT2D eigenvalue weighted by Gasteiger charge is -2.07. The van der Waals surface area contributed by atoms with Gasteiger partial charge in [0.25, 0.3) is 0 Å². The van der Waals surface area contributed by atoms with E-state index in [-0.39, 0.29) is 10.2 Å². The van der Waals surface area contributed by atoms with Crippen molar-refractivity contribution < 1.29 is 4.92 Å². The number of nitrogens with zero attached hydrogens (tertiary/aromatic N) is 2. The fourth-order valence-corrected chi connectivity index (χ4v) is 1.58. The predicted octanol–water partition coefficient (Wildman–Crippen LogP) is 2.32. The zero-order chi connectivity index (χ0) is 10.9. The first-order valence-corrected chi connectivity index (χ1v) is 4.44. The van der Waals surface area contributed by atoms with Gasteiger partial charge in [0, 0.05) is 17.8 Å². The van der Waals surface area contributed by atoms with E-state index in [4.69, 9.17) is 28.9 Å². The molecular weight excluding hydrogens is 229 g/mol. The van der Waals surface area contributed by atoms with Crippen molar-refractivity contribution in [2.75, 3.05) is 0 Å². The summed E-state index contributed by atoms with van der Waals surface area (Å²) >= 11 is 11.3. The van der Waals surface area contributed by atoms with E-state index in [0.29, 0.717) is 5.56 Å². The SMILES string of the molecule is C[C@H](N)c1cnc(Cl)c([N+](=O)[O-])c1Cl. The third-order valence-corrected chi connectivity index (χ3v) is 2.32. The first-order chi connectivity index (χ1) is 6.45. The molecule has 0 aliphatic heterocycles. The van der Waals surface area contributed by atoms with Crippen molar-refractivity contribution in [2.24, 2.45) is 5.73 Å². The van der Waals surface area contributed by atoms with Crippen LogP contribution in [-0.2, 0) is 0 Å². The molecule has 14 heavy (non-hydrogen) atoms. The lowest BCUT2D eigenvalue weighted by molar-refractivity contribution is -0.384. The summed E-state index contributed by atoms with van der Waals surface area (Å²) in [6, 6.07) is -0.425. The molecule has 0 amide bonds. The monoisotopic (exact) mass is 235 g/mol. The average Bonchev–Trinajstić information content (AvgIpc) is 2.02. The van der Waals surface area contributed by atoms with Gasteiger partial charge >= 0.3 is 5.69 Å². The topological polar surface area (TPSA) is 82.0 Å². The molecule has 1 rings (SSSR count). The summed E-state index contributed by atoms with van der Waals surface area (Å²) in [6.07, 6.45) is 1.34. The van der Waals surface area contributed by atoms with E-state index in [0.717, 1.165) is 0 Å². The van der Waals surface area contributed by atoms with Crippen molar-refractivity contribution in [3.05, 3.63) is 32.1 Å². The molecule has 0 saturated carbocycles. The Morgan fingerprint density at radius 3 is 2.64 bits per heavy atom. The van der Waals surface area contributed by atoms with E-state index in [1.54, 1.807) is 6.92 Å². The van der Waals surface area contributed by atoms with Crippen LogP contribution in [0.25, 0.3) is 0 Å². The van der Waals surface area contributed by atoms with Gasteiger partial charge in [0.15, 0.2) is 0 Å².